The van der Waals surface area contributed by atoms with Crippen LogP contribution in [0.4, 0.5) is 0 Å². The molecule has 1 saturated heterocycles. The molecule has 10 heteroatoms. The SMILES string of the molecule is COC(=O)[C@H]1OC(O)[C@H](OC(C)=O)[C@@H](OC(C)=O)[C@@H]1OC(C)=O. The number of rotatable bonds is 4. The highest BCUT2D eigenvalue weighted by Gasteiger charge is 2.54. The molecule has 23 heavy (non-hydrogen) atoms. The Bertz CT molecular complexity index is 487. The minimum atomic E-state index is -1.79. The van der Waals surface area contributed by atoms with Crippen molar-refractivity contribution in [1.29, 1.82) is 0 Å². The third kappa shape index (κ3) is 4.89. The van der Waals surface area contributed by atoms with Gasteiger partial charge in [0, 0.05) is 20.8 Å². The van der Waals surface area contributed by atoms with Crippen molar-refractivity contribution in [3.05, 3.63) is 0 Å². The molecule has 0 saturated carbocycles. The van der Waals surface area contributed by atoms with Crippen LogP contribution < -0.4 is 0 Å². The molecule has 1 heterocycles. The highest BCUT2D eigenvalue weighted by atomic mass is 16.7. The van der Waals surface area contributed by atoms with Gasteiger partial charge in [-0.15, -0.1) is 0 Å². The Morgan fingerprint density at radius 3 is 1.70 bits per heavy atom. The van der Waals surface area contributed by atoms with E-state index in [0.29, 0.717) is 0 Å². The summed E-state index contributed by atoms with van der Waals surface area (Å²) in [6.45, 7) is 3.18. The Hall–Kier alpha value is -2.20. The van der Waals surface area contributed by atoms with Crippen LogP contribution in [-0.2, 0) is 42.9 Å². The second-order valence-electron chi connectivity index (χ2n) is 4.69. The lowest BCUT2D eigenvalue weighted by atomic mass is 9.98. The number of hydrogen-bond acceptors (Lipinski definition) is 10. The molecule has 0 aromatic heterocycles. The summed E-state index contributed by atoms with van der Waals surface area (Å²) in [4.78, 5) is 45.5. The number of hydrogen-bond donors (Lipinski definition) is 1. The number of aliphatic hydroxyl groups is 1. The normalized spacial score (nSPS) is 30.0. The van der Waals surface area contributed by atoms with E-state index < -0.39 is 54.6 Å². The molecule has 1 rings (SSSR count). The summed E-state index contributed by atoms with van der Waals surface area (Å²) < 4.78 is 24.3. The Morgan fingerprint density at radius 1 is 0.826 bits per heavy atom. The molecular formula is C13H18O10. The Kier molecular flexibility index (Phi) is 6.46. The first kappa shape index (κ1) is 18.8. The molecular weight excluding hydrogens is 316 g/mol. The molecule has 1 aliphatic rings. The minimum absolute atomic E-state index is 0.798. The van der Waals surface area contributed by atoms with Gasteiger partial charge < -0.3 is 28.8 Å². The van der Waals surface area contributed by atoms with Crippen molar-refractivity contribution >= 4 is 23.9 Å². The molecule has 0 aliphatic carbocycles. The second kappa shape index (κ2) is 7.88. The van der Waals surface area contributed by atoms with E-state index in [4.69, 9.17) is 18.9 Å². The molecule has 1 aliphatic heterocycles. The maximum Gasteiger partial charge on any atom is 0.339 e. The Labute approximate surface area is 131 Å². The number of aliphatic hydroxyl groups excluding tert-OH is 1. The van der Waals surface area contributed by atoms with Crippen LogP contribution in [0.5, 0.6) is 0 Å². The van der Waals surface area contributed by atoms with Crippen molar-refractivity contribution in [1.82, 2.24) is 0 Å². The maximum atomic E-state index is 11.8. The van der Waals surface area contributed by atoms with Gasteiger partial charge in [-0.25, -0.2) is 4.79 Å². The Morgan fingerprint density at radius 2 is 1.26 bits per heavy atom. The molecule has 0 amide bonds. The second-order valence-corrected chi connectivity index (χ2v) is 4.69. The predicted molar refractivity (Wildman–Crippen MR) is 69.6 cm³/mol. The first-order chi connectivity index (χ1) is 10.7. The highest BCUT2D eigenvalue weighted by Crippen LogP contribution is 2.28. The molecule has 130 valence electrons. The largest absolute Gasteiger partial charge is 0.467 e. The molecule has 0 radical (unpaired) electrons. The van der Waals surface area contributed by atoms with Gasteiger partial charge in [-0.2, -0.15) is 0 Å². The van der Waals surface area contributed by atoms with E-state index in [9.17, 15) is 24.3 Å². The average molecular weight is 334 g/mol. The molecule has 0 aromatic rings. The van der Waals surface area contributed by atoms with E-state index in [0.717, 1.165) is 27.9 Å². The zero-order chi connectivity index (χ0) is 17.7. The topological polar surface area (TPSA) is 135 Å². The number of carbonyl (C=O) groups is 4. The summed E-state index contributed by atoms with van der Waals surface area (Å²) in [6, 6.07) is 0. The van der Waals surface area contributed by atoms with Crippen LogP contribution in [-0.4, -0.2) is 66.8 Å². The molecule has 1 unspecified atom stereocenters. The highest BCUT2D eigenvalue weighted by molar-refractivity contribution is 5.77. The van der Waals surface area contributed by atoms with Gasteiger partial charge in [-0.3, -0.25) is 14.4 Å². The van der Waals surface area contributed by atoms with Crippen LogP contribution in [0.1, 0.15) is 20.8 Å². The maximum absolute atomic E-state index is 11.8. The van der Waals surface area contributed by atoms with Gasteiger partial charge in [0.15, 0.2) is 30.7 Å². The van der Waals surface area contributed by atoms with Gasteiger partial charge in [0.05, 0.1) is 7.11 Å². The summed E-state index contributed by atoms with van der Waals surface area (Å²) in [6.07, 6.45) is -7.75. The van der Waals surface area contributed by atoms with Crippen LogP contribution in [0.25, 0.3) is 0 Å². The van der Waals surface area contributed by atoms with Crippen molar-refractivity contribution in [2.45, 2.75) is 51.5 Å². The lowest BCUT2D eigenvalue weighted by Gasteiger charge is -2.41. The van der Waals surface area contributed by atoms with Crippen LogP contribution in [0.15, 0.2) is 0 Å². The fourth-order valence-electron chi connectivity index (χ4n) is 2.10. The van der Waals surface area contributed by atoms with Crippen molar-refractivity contribution in [2.24, 2.45) is 0 Å². The number of carbonyl (C=O) groups excluding carboxylic acids is 4. The summed E-state index contributed by atoms with van der Waals surface area (Å²) in [5.74, 6) is -3.37. The number of esters is 4. The lowest BCUT2D eigenvalue weighted by Crippen LogP contribution is -2.63. The Balaban J connectivity index is 3.21. The molecule has 1 fully saturated rings. The summed E-state index contributed by atoms with van der Waals surface area (Å²) in [5, 5.41) is 9.93. The van der Waals surface area contributed by atoms with E-state index in [1.165, 1.54) is 0 Å². The molecule has 10 nitrogen and oxygen atoms in total. The quantitative estimate of drug-likeness (QED) is 0.486. The zero-order valence-electron chi connectivity index (χ0n) is 13.0. The van der Waals surface area contributed by atoms with Gasteiger partial charge >= 0.3 is 23.9 Å². The van der Waals surface area contributed by atoms with Gasteiger partial charge in [-0.05, 0) is 0 Å². The van der Waals surface area contributed by atoms with Crippen molar-refractivity contribution in [3.63, 3.8) is 0 Å². The van der Waals surface area contributed by atoms with Crippen molar-refractivity contribution in [2.75, 3.05) is 7.11 Å². The molecule has 0 bridgehead atoms. The van der Waals surface area contributed by atoms with Crippen molar-refractivity contribution in [3.8, 4) is 0 Å². The van der Waals surface area contributed by atoms with Crippen LogP contribution in [0.3, 0.4) is 0 Å². The third-order valence-corrected chi connectivity index (χ3v) is 2.85. The predicted octanol–water partition coefficient (Wildman–Crippen LogP) is -1.33. The van der Waals surface area contributed by atoms with Gasteiger partial charge in [0.25, 0.3) is 0 Å². The fraction of sp³-hybridized carbons (Fsp3) is 0.692. The summed E-state index contributed by atoms with van der Waals surface area (Å²) in [7, 11) is 1.06. The number of ether oxygens (including phenoxy) is 5. The van der Waals surface area contributed by atoms with E-state index in [-0.39, 0.29) is 0 Å². The van der Waals surface area contributed by atoms with E-state index in [1.807, 2.05) is 0 Å². The zero-order valence-corrected chi connectivity index (χ0v) is 13.0. The average Bonchev–Trinajstić information content (AvgIpc) is 2.43. The van der Waals surface area contributed by atoms with E-state index in [2.05, 4.69) is 4.74 Å². The third-order valence-electron chi connectivity index (χ3n) is 2.85. The standard InChI is InChI=1S/C13H18O10/c1-5(14)20-8-9(21-6(2)15)11(22-7(3)16)13(18)23-10(8)12(17)19-4/h8-11,13,18H,1-4H3/t8-,9-,10-,11+,13?/m0/s1. The molecule has 5 atom stereocenters. The fourth-order valence-corrected chi connectivity index (χ4v) is 2.10. The van der Waals surface area contributed by atoms with Gasteiger partial charge in [-0.1, -0.05) is 0 Å². The molecule has 1 N–H and O–H groups in total. The van der Waals surface area contributed by atoms with Gasteiger partial charge in [0.2, 0.25) is 0 Å². The first-order valence-corrected chi connectivity index (χ1v) is 6.60. The number of methoxy groups -OCH3 is 1. The lowest BCUT2D eigenvalue weighted by molar-refractivity contribution is -0.289. The monoisotopic (exact) mass is 334 g/mol. The van der Waals surface area contributed by atoms with Crippen LogP contribution in [0.2, 0.25) is 0 Å². The first-order valence-electron chi connectivity index (χ1n) is 6.60. The van der Waals surface area contributed by atoms with Crippen LogP contribution in [0, 0.1) is 0 Å². The smallest absolute Gasteiger partial charge is 0.339 e. The molecule has 0 spiro atoms. The molecule has 0 aromatic carbocycles. The van der Waals surface area contributed by atoms with E-state index in [1.54, 1.807) is 0 Å². The van der Waals surface area contributed by atoms with E-state index >= 15 is 0 Å². The van der Waals surface area contributed by atoms with Gasteiger partial charge in [0.1, 0.15) is 0 Å². The van der Waals surface area contributed by atoms with Crippen LogP contribution >= 0.6 is 0 Å². The summed E-state index contributed by atoms with van der Waals surface area (Å²) >= 11 is 0. The minimum Gasteiger partial charge on any atom is -0.467 e. The summed E-state index contributed by atoms with van der Waals surface area (Å²) in [5.41, 5.74) is 0. The van der Waals surface area contributed by atoms with Crippen molar-refractivity contribution < 1.29 is 48.0 Å².